The molecule has 3 rings (SSSR count). The molecule has 112 valence electrons. The van der Waals surface area contributed by atoms with Crippen molar-refractivity contribution in [3.8, 4) is 0 Å². The van der Waals surface area contributed by atoms with Crippen LogP contribution >= 0.6 is 0 Å². The molecule has 1 saturated heterocycles. The fourth-order valence-electron chi connectivity index (χ4n) is 2.66. The van der Waals surface area contributed by atoms with Crippen molar-refractivity contribution < 1.29 is 9.90 Å². The lowest BCUT2D eigenvalue weighted by atomic mass is 10.3. The first-order chi connectivity index (χ1) is 10.1. The molecular weight excluding hydrogens is 270 g/mol. The summed E-state index contributed by atoms with van der Waals surface area (Å²) in [6.07, 6.45) is 0.704. The Morgan fingerprint density at radius 1 is 1.24 bits per heavy atom. The molecule has 1 fully saturated rings. The number of carbonyl (C=O) groups is 1. The maximum atomic E-state index is 11.3. The van der Waals surface area contributed by atoms with Gasteiger partial charge in [0.15, 0.2) is 5.65 Å². The number of nitrogens with zero attached hydrogens (tertiary/aromatic N) is 5. The van der Waals surface area contributed by atoms with Crippen LogP contribution in [-0.4, -0.2) is 75.2 Å². The number of pyridine rings is 1. The van der Waals surface area contributed by atoms with Gasteiger partial charge in [0, 0.05) is 39.1 Å². The summed E-state index contributed by atoms with van der Waals surface area (Å²) >= 11 is 0. The molecule has 7 heteroatoms. The summed E-state index contributed by atoms with van der Waals surface area (Å²) in [5, 5.41) is 17.5. The Morgan fingerprint density at radius 3 is 2.71 bits per heavy atom. The molecule has 0 saturated carbocycles. The lowest BCUT2D eigenvalue weighted by Gasteiger charge is -2.32. The summed E-state index contributed by atoms with van der Waals surface area (Å²) < 4.78 is 1.64. The largest absolute Gasteiger partial charge is 0.477 e. The van der Waals surface area contributed by atoms with Crippen LogP contribution in [0.15, 0.2) is 18.2 Å². The molecule has 0 amide bonds. The number of rotatable bonds is 4. The molecule has 1 aliphatic rings. The predicted molar refractivity (Wildman–Crippen MR) is 77.6 cm³/mol. The smallest absolute Gasteiger partial charge is 0.352 e. The Labute approximate surface area is 122 Å². The summed E-state index contributed by atoms with van der Waals surface area (Å²) in [6, 6.07) is 5.05. The first kappa shape index (κ1) is 14.0. The number of carboxylic acids is 1. The summed E-state index contributed by atoms with van der Waals surface area (Å²) in [6.45, 7) is 5.10. The number of hydrogen-bond acceptors (Lipinski definition) is 5. The van der Waals surface area contributed by atoms with Gasteiger partial charge < -0.3 is 14.9 Å². The van der Waals surface area contributed by atoms with Crippen molar-refractivity contribution in [1.29, 1.82) is 0 Å². The van der Waals surface area contributed by atoms with Crippen LogP contribution in [0.4, 0.5) is 0 Å². The van der Waals surface area contributed by atoms with E-state index in [0.717, 1.165) is 32.7 Å². The van der Waals surface area contributed by atoms with Crippen molar-refractivity contribution in [3.05, 3.63) is 29.7 Å². The number of aromatic carboxylic acids is 1. The van der Waals surface area contributed by atoms with Crippen LogP contribution in [0.3, 0.4) is 0 Å². The summed E-state index contributed by atoms with van der Waals surface area (Å²) in [5.41, 5.74) is 0.800. The van der Waals surface area contributed by atoms with Gasteiger partial charge in [0.25, 0.3) is 0 Å². The number of fused-ring (bicyclic) bond motifs is 1. The summed E-state index contributed by atoms with van der Waals surface area (Å²) in [7, 11) is 2.13. The number of piperazine rings is 1. The van der Waals surface area contributed by atoms with Crippen molar-refractivity contribution in [2.24, 2.45) is 0 Å². The van der Waals surface area contributed by atoms with E-state index in [-0.39, 0.29) is 5.69 Å². The minimum absolute atomic E-state index is 0.214. The fourth-order valence-corrected chi connectivity index (χ4v) is 2.66. The third-order valence-electron chi connectivity index (χ3n) is 3.96. The third-order valence-corrected chi connectivity index (χ3v) is 3.96. The van der Waals surface area contributed by atoms with Crippen LogP contribution in [0.25, 0.3) is 5.65 Å². The number of likely N-dealkylation sites (N-methyl/N-ethyl adjacent to an activating group) is 1. The van der Waals surface area contributed by atoms with Crippen LogP contribution in [0.2, 0.25) is 0 Å². The highest BCUT2D eigenvalue weighted by Gasteiger charge is 2.17. The van der Waals surface area contributed by atoms with E-state index >= 15 is 0 Å². The maximum absolute atomic E-state index is 11.3. The fraction of sp³-hybridized carbons (Fsp3) is 0.500. The molecule has 7 nitrogen and oxygen atoms in total. The van der Waals surface area contributed by atoms with Gasteiger partial charge in [-0.3, -0.25) is 4.40 Å². The first-order valence-electron chi connectivity index (χ1n) is 7.12. The SMILES string of the molecule is CN1CCN(CCc2nnc3cccc(C(=O)O)n23)CC1. The Morgan fingerprint density at radius 2 is 2.00 bits per heavy atom. The Hall–Kier alpha value is -1.99. The standard InChI is InChI=1S/C14H19N5O2/c1-17-7-9-18(10-8-17)6-5-13-16-15-12-4-2-3-11(14(20)21)19(12)13/h2-4H,5-10H2,1H3,(H,20,21). The molecule has 0 aromatic carbocycles. The third kappa shape index (κ3) is 2.88. The molecule has 0 atom stereocenters. The topological polar surface area (TPSA) is 74.0 Å². The zero-order valence-electron chi connectivity index (χ0n) is 12.1. The minimum Gasteiger partial charge on any atom is -0.477 e. The van der Waals surface area contributed by atoms with Gasteiger partial charge in [-0.25, -0.2) is 4.79 Å². The highest BCUT2D eigenvalue weighted by Crippen LogP contribution is 2.10. The average molecular weight is 289 g/mol. The summed E-state index contributed by atoms with van der Waals surface area (Å²) in [5.74, 6) is -0.247. The van der Waals surface area contributed by atoms with Crippen LogP contribution in [0.5, 0.6) is 0 Å². The van der Waals surface area contributed by atoms with Crippen molar-refractivity contribution in [3.63, 3.8) is 0 Å². The molecular formula is C14H19N5O2. The quantitative estimate of drug-likeness (QED) is 0.868. The monoisotopic (exact) mass is 289 g/mol. The van der Waals surface area contributed by atoms with E-state index < -0.39 is 5.97 Å². The van der Waals surface area contributed by atoms with E-state index in [1.165, 1.54) is 0 Å². The minimum atomic E-state index is -0.957. The molecule has 0 aliphatic carbocycles. The second-order valence-corrected chi connectivity index (χ2v) is 5.42. The van der Waals surface area contributed by atoms with Gasteiger partial charge >= 0.3 is 5.97 Å². The average Bonchev–Trinajstić information content (AvgIpc) is 2.90. The zero-order valence-corrected chi connectivity index (χ0v) is 12.1. The zero-order chi connectivity index (χ0) is 14.8. The van der Waals surface area contributed by atoms with Crippen molar-refractivity contribution in [1.82, 2.24) is 24.4 Å². The Kier molecular flexibility index (Phi) is 3.85. The normalized spacial score (nSPS) is 17.4. The van der Waals surface area contributed by atoms with Gasteiger partial charge in [-0.15, -0.1) is 10.2 Å². The van der Waals surface area contributed by atoms with Gasteiger partial charge in [-0.05, 0) is 19.2 Å². The molecule has 2 aromatic rings. The number of aromatic nitrogens is 3. The maximum Gasteiger partial charge on any atom is 0.352 e. The van der Waals surface area contributed by atoms with E-state index in [9.17, 15) is 9.90 Å². The van der Waals surface area contributed by atoms with Crippen molar-refractivity contribution >= 4 is 11.6 Å². The Bertz CT molecular complexity index is 646. The molecule has 1 aliphatic heterocycles. The molecule has 3 heterocycles. The van der Waals surface area contributed by atoms with Gasteiger partial charge in [-0.1, -0.05) is 6.07 Å². The van der Waals surface area contributed by atoms with Crippen LogP contribution in [0, 0.1) is 0 Å². The van der Waals surface area contributed by atoms with Gasteiger partial charge in [-0.2, -0.15) is 0 Å². The van der Waals surface area contributed by atoms with Crippen LogP contribution < -0.4 is 0 Å². The van der Waals surface area contributed by atoms with E-state index in [1.807, 2.05) is 0 Å². The second-order valence-electron chi connectivity index (χ2n) is 5.42. The highest BCUT2D eigenvalue weighted by atomic mass is 16.4. The van der Waals surface area contributed by atoms with Crippen LogP contribution in [0.1, 0.15) is 16.3 Å². The van der Waals surface area contributed by atoms with Gasteiger partial charge in [0.05, 0.1) is 0 Å². The molecule has 0 bridgehead atoms. The Balaban J connectivity index is 1.76. The molecule has 0 radical (unpaired) electrons. The van der Waals surface area contributed by atoms with Gasteiger partial charge in [0.2, 0.25) is 0 Å². The number of carboxylic acid groups (broad SMARTS) is 1. The molecule has 0 unspecified atom stereocenters. The second kappa shape index (κ2) is 5.79. The molecule has 0 spiro atoms. The molecule has 2 aromatic heterocycles. The van der Waals surface area contributed by atoms with Crippen molar-refractivity contribution in [2.45, 2.75) is 6.42 Å². The van der Waals surface area contributed by atoms with Crippen molar-refractivity contribution in [2.75, 3.05) is 39.8 Å². The van der Waals surface area contributed by atoms with E-state index in [0.29, 0.717) is 17.9 Å². The first-order valence-corrected chi connectivity index (χ1v) is 7.12. The lowest BCUT2D eigenvalue weighted by molar-refractivity contribution is 0.0688. The molecule has 21 heavy (non-hydrogen) atoms. The van der Waals surface area contributed by atoms with E-state index in [4.69, 9.17) is 0 Å². The predicted octanol–water partition coefficient (Wildman–Crippen LogP) is 0.217. The number of hydrogen-bond donors (Lipinski definition) is 1. The molecule has 1 N–H and O–H groups in total. The lowest BCUT2D eigenvalue weighted by Crippen LogP contribution is -2.45. The van der Waals surface area contributed by atoms with E-state index in [2.05, 4.69) is 27.0 Å². The van der Waals surface area contributed by atoms with Gasteiger partial charge in [0.1, 0.15) is 11.5 Å². The van der Waals surface area contributed by atoms with E-state index in [1.54, 1.807) is 22.6 Å². The summed E-state index contributed by atoms with van der Waals surface area (Å²) in [4.78, 5) is 16.0. The highest BCUT2D eigenvalue weighted by molar-refractivity contribution is 5.86. The van der Waals surface area contributed by atoms with Crippen LogP contribution in [-0.2, 0) is 6.42 Å².